The average molecular weight is 278 g/mol. The molecule has 0 aromatic heterocycles. The molecule has 3 rings (SSSR count). The molecular formula is C20H22O. The van der Waals surface area contributed by atoms with Gasteiger partial charge in [0.05, 0.1) is 0 Å². The summed E-state index contributed by atoms with van der Waals surface area (Å²) in [6.07, 6.45) is 3.73. The highest BCUT2D eigenvalue weighted by Crippen LogP contribution is 2.38. The summed E-state index contributed by atoms with van der Waals surface area (Å²) < 4.78 is 0. The average Bonchev–Trinajstić information content (AvgIpc) is 2.45. The van der Waals surface area contributed by atoms with Gasteiger partial charge in [0.1, 0.15) is 0 Å². The van der Waals surface area contributed by atoms with E-state index in [0.29, 0.717) is 11.8 Å². The zero-order valence-corrected chi connectivity index (χ0v) is 12.8. The highest BCUT2D eigenvalue weighted by Gasteiger charge is 2.24. The van der Waals surface area contributed by atoms with E-state index < -0.39 is 0 Å². The van der Waals surface area contributed by atoms with Crippen LogP contribution in [0, 0.1) is 0 Å². The molecule has 0 bridgehead atoms. The fraction of sp³-hybridized carbons (Fsp3) is 0.350. The van der Waals surface area contributed by atoms with E-state index >= 15 is 0 Å². The first-order valence-corrected chi connectivity index (χ1v) is 7.90. The van der Waals surface area contributed by atoms with Gasteiger partial charge in [-0.3, -0.25) is 4.79 Å². The SMILES string of the molecule is CC(C)c1ccc(C(=O)c2ccccc2C2CCC2)cc1. The lowest BCUT2D eigenvalue weighted by Gasteiger charge is -2.27. The first-order valence-electron chi connectivity index (χ1n) is 7.90. The van der Waals surface area contributed by atoms with E-state index in [9.17, 15) is 4.79 Å². The van der Waals surface area contributed by atoms with Crippen LogP contribution in [0.25, 0.3) is 0 Å². The Bertz CT molecular complexity index is 633. The van der Waals surface area contributed by atoms with E-state index in [1.165, 1.54) is 30.4 Å². The molecule has 0 unspecified atom stereocenters. The number of hydrogen-bond donors (Lipinski definition) is 0. The van der Waals surface area contributed by atoms with Crippen molar-refractivity contribution in [1.82, 2.24) is 0 Å². The molecule has 2 aromatic rings. The van der Waals surface area contributed by atoms with Crippen molar-refractivity contribution in [3.8, 4) is 0 Å². The van der Waals surface area contributed by atoms with Crippen LogP contribution in [-0.4, -0.2) is 5.78 Å². The molecule has 0 spiro atoms. The summed E-state index contributed by atoms with van der Waals surface area (Å²) in [5, 5.41) is 0. The molecule has 1 aliphatic rings. The lowest BCUT2D eigenvalue weighted by molar-refractivity contribution is 0.103. The first kappa shape index (κ1) is 14.1. The third kappa shape index (κ3) is 2.78. The van der Waals surface area contributed by atoms with E-state index in [2.05, 4.69) is 32.0 Å². The molecule has 21 heavy (non-hydrogen) atoms. The molecule has 2 aromatic carbocycles. The second-order valence-corrected chi connectivity index (χ2v) is 6.32. The second kappa shape index (κ2) is 5.85. The zero-order chi connectivity index (χ0) is 14.8. The predicted octanol–water partition coefficient (Wildman–Crippen LogP) is 5.31. The summed E-state index contributed by atoms with van der Waals surface area (Å²) in [5.41, 5.74) is 4.20. The van der Waals surface area contributed by atoms with Crippen LogP contribution in [-0.2, 0) is 0 Å². The Labute approximate surface area is 127 Å². The van der Waals surface area contributed by atoms with Crippen LogP contribution in [0.3, 0.4) is 0 Å². The predicted molar refractivity (Wildman–Crippen MR) is 87.0 cm³/mol. The smallest absolute Gasteiger partial charge is 0.193 e. The van der Waals surface area contributed by atoms with E-state index in [0.717, 1.165) is 11.1 Å². The van der Waals surface area contributed by atoms with Gasteiger partial charge in [0.2, 0.25) is 0 Å². The molecule has 0 aliphatic heterocycles. The third-order valence-electron chi connectivity index (χ3n) is 4.59. The quantitative estimate of drug-likeness (QED) is 0.693. The van der Waals surface area contributed by atoms with Crippen molar-refractivity contribution in [3.05, 3.63) is 70.8 Å². The topological polar surface area (TPSA) is 17.1 Å². The first-order chi connectivity index (χ1) is 10.2. The molecule has 0 heterocycles. The van der Waals surface area contributed by atoms with Gasteiger partial charge in [-0.25, -0.2) is 0 Å². The van der Waals surface area contributed by atoms with Crippen LogP contribution in [0.1, 0.15) is 72.0 Å². The maximum Gasteiger partial charge on any atom is 0.193 e. The zero-order valence-electron chi connectivity index (χ0n) is 12.8. The minimum atomic E-state index is 0.160. The normalized spacial score (nSPS) is 15.0. The fourth-order valence-electron chi connectivity index (χ4n) is 2.95. The summed E-state index contributed by atoms with van der Waals surface area (Å²) >= 11 is 0. The van der Waals surface area contributed by atoms with Crippen molar-refractivity contribution in [2.24, 2.45) is 0 Å². The molecule has 0 amide bonds. The maximum absolute atomic E-state index is 12.8. The van der Waals surface area contributed by atoms with Gasteiger partial charge < -0.3 is 0 Å². The Morgan fingerprint density at radius 2 is 1.67 bits per heavy atom. The number of ketones is 1. The Balaban J connectivity index is 1.91. The number of carbonyl (C=O) groups excluding carboxylic acids is 1. The molecule has 1 nitrogen and oxygen atoms in total. The molecule has 108 valence electrons. The van der Waals surface area contributed by atoms with Gasteiger partial charge >= 0.3 is 0 Å². The standard InChI is InChI=1S/C20H22O/c1-14(2)15-10-12-17(13-11-15)20(21)19-9-4-3-8-18(19)16-6-5-7-16/h3-4,8-14,16H,5-7H2,1-2H3. The molecule has 1 saturated carbocycles. The largest absolute Gasteiger partial charge is 0.289 e. The highest BCUT2D eigenvalue weighted by molar-refractivity contribution is 6.10. The number of benzene rings is 2. The summed E-state index contributed by atoms with van der Waals surface area (Å²) in [6.45, 7) is 4.34. The molecule has 0 radical (unpaired) electrons. The van der Waals surface area contributed by atoms with Crippen molar-refractivity contribution >= 4 is 5.78 Å². The lowest BCUT2D eigenvalue weighted by Crippen LogP contribution is -2.14. The third-order valence-corrected chi connectivity index (χ3v) is 4.59. The van der Waals surface area contributed by atoms with E-state index in [1.807, 2.05) is 30.3 Å². The van der Waals surface area contributed by atoms with E-state index in [4.69, 9.17) is 0 Å². The van der Waals surface area contributed by atoms with Crippen molar-refractivity contribution < 1.29 is 4.79 Å². The fourth-order valence-corrected chi connectivity index (χ4v) is 2.95. The molecule has 0 atom stereocenters. The van der Waals surface area contributed by atoms with Crippen molar-refractivity contribution in [2.75, 3.05) is 0 Å². The van der Waals surface area contributed by atoms with Crippen molar-refractivity contribution in [1.29, 1.82) is 0 Å². The van der Waals surface area contributed by atoms with Crippen LogP contribution in [0.4, 0.5) is 0 Å². The van der Waals surface area contributed by atoms with Crippen LogP contribution >= 0.6 is 0 Å². The minimum absolute atomic E-state index is 0.160. The monoisotopic (exact) mass is 278 g/mol. The number of hydrogen-bond acceptors (Lipinski definition) is 1. The second-order valence-electron chi connectivity index (χ2n) is 6.32. The lowest BCUT2D eigenvalue weighted by atomic mass is 9.77. The Morgan fingerprint density at radius 1 is 1.00 bits per heavy atom. The number of rotatable bonds is 4. The molecule has 0 saturated heterocycles. The van der Waals surface area contributed by atoms with Crippen LogP contribution in [0.15, 0.2) is 48.5 Å². The number of carbonyl (C=O) groups is 1. The Kier molecular flexibility index (Phi) is 3.92. The maximum atomic E-state index is 12.8. The summed E-state index contributed by atoms with van der Waals surface area (Å²) in [4.78, 5) is 12.8. The van der Waals surface area contributed by atoms with Gasteiger partial charge in [-0.1, -0.05) is 68.8 Å². The van der Waals surface area contributed by atoms with E-state index in [-0.39, 0.29) is 5.78 Å². The van der Waals surface area contributed by atoms with Crippen molar-refractivity contribution in [3.63, 3.8) is 0 Å². The highest BCUT2D eigenvalue weighted by atomic mass is 16.1. The summed E-state index contributed by atoms with van der Waals surface area (Å²) in [7, 11) is 0. The van der Waals surface area contributed by atoms with Crippen LogP contribution < -0.4 is 0 Å². The summed E-state index contributed by atoms with van der Waals surface area (Å²) in [6, 6.07) is 16.2. The Morgan fingerprint density at radius 3 is 2.24 bits per heavy atom. The van der Waals surface area contributed by atoms with Crippen LogP contribution in [0.2, 0.25) is 0 Å². The van der Waals surface area contributed by atoms with Gasteiger partial charge in [-0.15, -0.1) is 0 Å². The van der Waals surface area contributed by atoms with E-state index in [1.54, 1.807) is 0 Å². The van der Waals surface area contributed by atoms with Gasteiger partial charge in [-0.2, -0.15) is 0 Å². The van der Waals surface area contributed by atoms with Gasteiger partial charge in [0.15, 0.2) is 5.78 Å². The molecule has 0 N–H and O–H groups in total. The van der Waals surface area contributed by atoms with Crippen LogP contribution in [0.5, 0.6) is 0 Å². The molecule has 1 aliphatic carbocycles. The summed E-state index contributed by atoms with van der Waals surface area (Å²) in [5.74, 6) is 1.24. The van der Waals surface area contributed by atoms with Crippen molar-refractivity contribution in [2.45, 2.75) is 44.9 Å². The Hall–Kier alpha value is -1.89. The minimum Gasteiger partial charge on any atom is -0.289 e. The molecule has 1 fully saturated rings. The van der Waals surface area contributed by atoms with Gasteiger partial charge in [0.25, 0.3) is 0 Å². The van der Waals surface area contributed by atoms with Gasteiger partial charge in [-0.05, 0) is 35.8 Å². The molecule has 1 heteroatoms. The van der Waals surface area contributed by atoms with Gasteiger partial charge in [0, 0.05) is 11.1 Å². The molecular weight excluding hydrogens is 256 g/mol.